The van der Waals surface area contributed by atoms with Gasteiger partial charge in [-0.3, -0.25) is 4.79 Å². The first-order valence-corrected chi connectivity index (χ1v) is 5.09. The molecule has 0 saturated carbocycles. The molecule has 86 valence electrons. The van der Waals surface area contributed by atoms with Gasteiger partial charge in [0.25, 0.3) is 0 Å². The lowest BCUT2D eigenvalue weighted by molar-refractivity contribution is -0.0572. The van der Waals surface area contributed by atoms with E-state index < -0.39 is 0 Å². The summed E-state index contributed by atoms with van der Waals surface area (Å²) in [4.78, 5) is 10.4. The zero-order valence-electron chi connectivity index (χ0n) is 9.60. The number of ether oxygens (including phenoxy) is 2. The van der Waals surface area contributed by atoms with Gasteiger partial charge in [0, 0.05) is 5.56 Å². The Hall–Kier alpha value is -1.61. The number of carbonyl (C=O) groups is 1. The molecule has 0 saturated heterocycles. The Kier molecular flexibility index (Phi) is 4.73. The molecule has 0 aliphatic rings. The molecule has 16 heavy (non-hydrogen) atoms. The van der Waals surface area contributed by atoms with E-state index in [4.69, 9.17) is 9.47 Å². The van der Waals surface area contributed by atoms with Gasteiger partial charge < -0.3 is 9.47 Å². The minimum Gasteiger partial charge on any atom is -0.465 e. The maximum atomic E-state index is 10.4. The standard InChI is InChI=1S/C13H16O3/c1-10(2)9-15-11(3)16-13-6-4-12(8-14)5-7-13/h4-8,11H,1,9H2,2-3H3. The molecule has 3 nitrogen and oxygen atoms in total. The van der Waals surface area contributed by atoms with Crippen LogP contribution in [0.4, 0.5) is 0 Å². The van der Waals surface area contributed by atoms with Crippen LogP contribution >= 0.6 is 0 Å². The van der Waals surface area contributed by atoms with Crippen molar-refractivity contribution in [2.24, 2.45) is 0 Å². The molecule has 0 aromatic heterocycles. The fraction of sp³-hybridized carbons (Fsp3) is 0.308. The fourth-order valence-corrected chi connectivity index (χ4v) is 1.11. The van der Waals surface area contributed by atoms with Gasteiger partial charge >= 0.3 is 0 Å². The van der Waals surface area contributed by atoms with Crippen LogP contribution in [-0.2, 0) is 4.74 Å². The molecule has 1 unspecified atom stereocenters. The number of hydrogen-bond donors (Lipinski definition) is 0. The van der Waals surface area contributed by atoms with Crippen molar-refractivity contribution in [3.05, 3.63) is 42.0 Å². The third-order valence-electron chi connectivity index (χ3n) is 1.88. The fourth-order valence-electron chi connectivity index (χ4n) is 1.11. The molecular formula is C13H16O3. The van der Waals surface area contributed by atoms with E-state index in [1.807, 2.05) is 13.8 Å². The maximum Gasteiger partial charge on any atom is 0.197 e. The van der Waals surface area contributed by atoms with Gasteiger partial charge in [0.1, 0.15) is 12.0 Å². The van der Waals surface area contributed by atoms with E-state index >= 15 is 0 Å². The zero-order valence-corrected chi connectivity index (χ0v) is 9.60. The molecule has 0 aliphatic heterocycles. The molecule has 0 radical (unpaired) electrons. The minimum absolute atomic E-state index is 0.334. The lowest BCUT2D eigenvalue weighted by atomic mass is 10.2. The van der Waals surface area contributed by atoms with Gasteiger partial charge in [-0.15, -0.1) is 0 Å². The lowest BCUT2D eigenvalue weighted by Gasteiger charge is -2.15. The summed E-state index contributed by atoms with van der Waals surface area (Å²) in [7, 11) is 0. The van der Waals surface area contributed by atoms with Gasteiger partial charge in [0.05, 0.1) is 6.61 Å². The molecule has 0 spiro atoms. The SMILES string of the molecule is C=C(C)COC(C)Oc1ccc(C=O)cc1. The van der Waals surface area contributed by atoms with E-state index in [9.17, 15) is 4.79 Å². The topological polar surface area (TPSA) is 35.5 Å². The predicted octanol–water partition coefficient (Wildman–Crippen LogP) is 2.82. The van der Waals surface area contributed by atoms with Gasteiger partial charge in [-0.2, -0.15) is 0 Å². The average Bonchev–Trinajstić information content (AvgIpc) is 2.27. The van der Waals surface area contributed by atoms with Gasteiger partial charge in [0.2, 0.25) is 0 Å². The van der Waals surface area contributed by atoms with Crippen LogP contribution in [0.3, 0.4) is 0 Å². The summed E-state index contributed by atoms with van der Waals surface area (Å²) in [5.74, 6) is 0.680. The first-order chi connectivity index (χ1) is 7.61. The molecular weight excluding hydrogens is 204 g/mol. The molecule has 1 aromatic rings. The molecule has 0 fully saturated rings. The summed E-state index contributed by atoms with van der Waals surface area (Å²) >= 11 is 0. The Morgan fingerprint density at radius 3 is 2.56 bits per heavy atom. The van der Waals surface area contributed by atoms with Crippen LogP contribution in [0, 0.1) is 0 Å². The van der Waals surface area contributed by atoms with E-state index in [0.717, 1.165) is 11.9 Å². The van der Waals surface area contributed by atoms with Crippen molar-refractivity contribution in [3.8, 4) is 5.75 Å². The first kappa shape index (κ1) is 12.5. The monoisotopic (exact) mass is 220 g/mol. The third-order valence-corrected chi connectivity index (χ3v) is 1.88. The largest absolute Gasteiger partial charge is 0.465 e. The van der Waals surface area contributed by atoms with Crippen molar-refractivity contribution < 1.29 is 14.3 Å². The second-order valence-electron chi connectivity index (χ2n) is 3.64. The summed E-state index contributed by atoms with van der Waals surface area (Å²) in [6, 6.07) is 6.89. The van der Waals surface area contributed by atoms with Gasteiger partial charge in [-0.1, -0.05) is 12.2 Å². The van der Waals surface area contributed by atoms with Gasteiger partial charge in [-0.05, 0) is 38.1 Å². The summed E-state index contributed by atoms with van der Waals surface area (Å²) in [5.41, 5.74) is 1.58. The van der Waals surface area contributed by atoms with Gasteiger partial charge in [-0.25, -0.2) is 0 Å². The highest BCUT2D eigenvalue weighted by molar-refractivity contribution is 5.74. The van der Waals surface area contributed by atoms with Crippen LogP contribution in [0.15, 0.2) is 36.4 Å². The Balaban J connectivity index is 2.46. The van der Waals surface area contributed by atoms with Crippen LogP contribution in [0.5, 0.6) is 5.75 Å². The number of aldehydes is 1. The molecule has 0 heterocycles. The van der Waals surface area contributed by atoms with Crippen molar-refractivity contribution in [2.45, 2.75) is 20.1 Å². The van der Waals surface area contributed by atoms with Crippen LogP contribution in [0.1, 0.15) is 24.2 Å². The van der Waals surface area contributed by atoms with E-state index in [1.165, 1.54) is 0 Å². The highest BCUT2D eigenvalue weighted by Crippen LogP contribution is 2.13. The predicted molar refractivity (Wildman–Crippen MR) is 62.7 cm³/mol. The second-order valence-corrected chi connectivity index (χ2v) is 3.64. The lowest BCUT2D eigenvalue weighted by Crippen LogP contribution is -2.17. The quantitative estimate of drug-likeness (QED) is 0.420. The molecule has 0 bridgehead atoms. The van der Waals surface area contributed by atoms with Crippen LogP contribution in [0.25, 0.3) is 0 Å². The summed E-state index contributed by atoms with van der Waals surface area (Å²) in [6.07, 6.45) is 0.462. The van der Waals surface area contributed by atoms with E-state index in [1.54, 1.807) is 24.3 Å². The van der Waals surface area contributed by atoms with Crippen LogP contribution in [-0.4, -0.2) is 19.2 Å². The number of carbonyl (C=O) groups excluding carboxylic acids is 1. The smallest absolute Gasteiger partial charge is 0.197 e. The second kappa shape index (κ2) is 6.08. The summed E-state index contributed by atoms with van der Waals surface area (Å²) < 4.78 is 10.9. The maximum absolute atomic E-state index is 10.4. The third kappa shape index (κ3) is 4.28. The number of benzene rings is 1. The molecule has 0 aliphatic carbocycles. The van der Waals surface area contributed by atoms with Crippen LogP contribution < -0.4 is 4.74 Å². The van der Waals surface area contributed by atoms with E-state index in [0.29, 0.717) is 17.9 Å². The molecule has 1 aromatic carbocycles. The van der Waals surface area contributed by atoms with E-state index in [2.05, 4.69) is 6.58 Å². The molecule has 0 N–H and O–H groups in total. The van der Waals surface area contributed by atoms with Crippen molar-refractivity contribution in [2.75, 3.05) is 6.61 Å². The Morgan fingerprint density at radius 2 is 2.06 bits per heavy atom. The Bertz CT molecular complexity index is 354. The van der Waals surface area contributed by atoms with Crippen molar-refractivity contribution in [3.63, 3.8) is 0 Å². The van der Waals surface area contributed by atoms with Crippen molar-refractivity contribution >= 4 is 6.29 Å². The number of hydrogen-bond acceptors (Lipinski definition) is 3. The van der Waals surface area contributed by atoms with Gasteiger partial charge in [0.15, 0.2) is 6.29 Å². The Labute approximate surface area is 95.7 Å². The molecule has 3 heteroatoms. The zero-order chi connectivity index (χ0) is 12.0. The first-order valence-electron chi connectivity index (χ1n) is 5.09. The minimum atomic E-state index is -0.334. The molecule has 0 amide bonds. The molecule has 1 rings (SSSR count). The highest BCUT2D eigenvalue weighted by atomic mass is 16.7. The summed E-state index contributed by atoms with van der Waals surface area (Å²) in [5, 5.41) is 0. The highest BCUT2D eigenvalue weighted by Gasteiger charge is 2.03. The molecule has 1 atom stereocenters. The number of rotatable bonds is 6. The normalized spacial score (nSPS) is 11.9. The van der Waals surface area contributed by atoms with Crippen molar-refractivity contribution in [1.82, 2.24) is 0 Å². The van der Waals surface area contributed by atoms with Crippen molar-refractivity contribution in [1.29, 1.82) is 0 Å². The Morgan fingerprint density at radius 1 is 1.44 bits per heavy atom. The van der Waals surface area contributed by atoms with E-state index in [-0.39, 0.29) is 6.29 Å². The van der Waals surface area contributed by atoms with Crippen LogP contribution in [0.2, 0.25) is 0 Å². The average molecular weight is 220 g/mol. The summed E-state index contributed by atoms with van der Waals surface area (Å²) in [6.45, 7) is 7.93.